The smallest absolute Gasteiger partial charge is 0.337 e. The molecule has 106 valence electrons. The number of hydrogen-bond acceptors (Lipinski definition) is 2. The number of benzene rings is 1. The number of carbonyl (C=O) groups is 1. The molecule has 0 unspecified atom stereocenters. The summed E-state index contributed by atoms with van der Waals surface area (Å²) in [6.45, 7) is 10.2. The van der Waals surface area contributed by atoms with E-state index in [9.17, 15) is 9.90 Å². The van der Waals surface area contributed by atoms with Crippen molar-refractivity contribution >= 4 is 23.3 Å². The van der Waals surface area contributed by atoms with Gasteiger partial charge in [-0.1, -0.05) is 39.3 Å². The summed E-state index contributed by atoms with van der Waals surface area (Å²) in [6.07, 6.45) is 0. The van der Waals surface area contributed by atoms with Gasteiger partial charge >= 0.3 is 5.97 Å². The third-order valence-electron chi connectivity index (χ3n) is 2.70. The molecule has 0 fully saturated rings. The first-order valence-corrected chi connectivity index (χ1v) is 6.96. The van der Waals surface area contributed by atoms with Crippen molar-refractivity contribution in [1.82, 2.24) is 0 Å². The second-order valence-corrected chi connectivity index (χ2v) is 6.10. The van der Waals surface area contributed by atoms with E-state index in [2.05, 4.69) is 32.6 Å². The van der Waals surface area contributed by atoms with Gasteiger partial charge in [0.1, 0.15) is 0 Å². The highest BCUT2D eigenvalue weighted by atomic mass is 35.5. The number of nitrogens with zero attached hydrogens (tertiary/aromatic N) is 1. The minimum atomic E-state index is -0.935. The number of halogens is 1. The summed E-state index contributed by atoms with van der Waals surface area (Å²) >= 11 is 5.90. The predicted octanol–water partition coefficient (Wildman–Crippen LogP) is 4.16. The quantitative estimate of drug-likeness (QED) is 0.852. The summed E-state index contributed by atoms with van der Waals surface area (Å²) in [5.41, 5.74) is 1.02. The maximum absolute atomic E-state index is 11.4. The highest BCUT2D eigenvalue weighted by molar-refractivity contribution is 6.31. The van der Waals surface area contributed by atoms with Crippen molar-refractivity contribution in [3.8, 4) is 0 Å². The largest absolute Gasteiger partial charge is 0.478 e. The molecule has 0 saturated carbocycles. The lowest BCUT2D eigenvalue weighted by molar-refractivity contribution is 0.0697. The highest BCUT2D eigenvalue weighted by Gasteiger charge is 2.18. The molecule has 0 aliphatic heterocycles. The van der Waals surface area contributed by atoms with Gasteiger partial charge in [-0.05, 0) is 30.0 Å². The molecule has 1 aromatic rings. The molecule has 0 aliphatic carbocycles. The standard InChI is InChI=1S/C15H22ClNO2/c1-10(2)8-17(9-11(3)4)14-6-5-12(16)7-13(14)15(18)19/h5-7,10-11H,8-9H2,1-4H3,(H,18,19). The lowest BCUT2D eigenvalue weighted by Gasteiger charge is -2.29. The molecule has 1 N–H and O–H groups in total. The summed E-state index contributed by atoms with van der Waals surface area (Å²) in [5.74, 6) is 0.00200. The first kappa shape index (κ1) is 15.8. The average molecular weight is 284 g/mol. The van der Waals surface area contributed by atoms with Crippen molar-refractivity contribution in [3.05, 3.63) is 28.8 Å². The first-order chi connectivity index (χ1) is 8.81. The summed E-state index contributed by atoms with van der Waals surface area (Å²) < 4.78 is 0. The zero-order valence-electron chi connectivity index (χ0n) is 12.0. The topological polar surface area (TPSA) is 40.5 Å². The third-order valence-corrected chi connectivity index (χ3v) is 2.94. The second kappa shape index (κ2) is 6.80. The van der Waals surface area contributed by atoms with Gasteiger partial charge in [0.25, 0.3) is 0 Å². The Morgan fingerprint density at radius 2 is 1.74 bits per heavy atom. The van der Waals surface area contributed by atoms with Crippen LogP contribution in [0.3, 0.4) is 0 Å². The third kappa shape index (κ3) is 4.75. The van der Waals surface area contributed by atoms with Crippen LogP contribution in [0.4, 0.5) is 5.69 Å². The van der Waals surface area contributed by atoms with E-state index < -0.39 is 5.97 Å². The Morgan fingerprint density at radius 1 is 1.21 bits per heavy atom. The van der Waals surface area contributed by atoms with E-state index >= 15 is 0 Å². The molecule has 4 heteroatoms. The van der Waals surface area contributed by atoms with Crippen LogP contribution in [-0.4, -0.2) is 24.2 Å². The normalized spacial score (nSPS) is 11.1. The Balaban J connectivity index is 3.16. The van der Waals surface area contributed by atoms with Gasteiger partial charge in [-0.25, -0.2) is 4.79 Å². The Kier molecular flexibility index (Phi) is 5.67. The summed E-state index contributed by atoms with van der Waals surface area (Å²) in [5, 5.41) is 9.78. The monoisotopic (exact) mass is 283 g/mol. The molecule has 3 nitrogen and oxygen atoms in total. The zero-order chi connectivity index (χ0) is 14.6. The molecular formula is C15H22ClNO2. The Hall–Kier alpha value is -1.22. The molecule has 1 aromatic carbocycles. The Labute approximate surface area is 120 Å². The van der Waals surface area contributed by atoms with E-state index in [1.54, 1.807) is 12.1 Å². The van der Waals surface area contributed by atoms with Crippen molar-refractivity contribution in [1.29, 1.82) is 0 Å². The maximum atomic E-state index is 11.4. The molecule has 19 heavy (non-hydrogen) atoms. The minimum Gasteiger partial charge on any atom is -0.478 e. The van der Waals surface area contributed by atoms with Crippen LogP contribution in [-0.2, 0) is 0 Å². The minimum absolute atomic E-state index is 0.272. The van der Waals surface area contributed by atoms with Crippen LogP contribution in [0, 0.1) is 11.8 Å². The number of carboxylic acid groups (broad SMARTS) is 1. The molecule has 0 amide bonds. The van der Waals surface area contributed by atoms with E-state index in [1.165, 1.54) is 6.07 Å². The van der Waals surface area contributed by atoms with Crippen LogP contribution in [0.15, 0.2) is 18.2 Å². The van der Waals surface area contributed by atoms with Crippen LogP contribution in [0.2, 0.25) is 5.02 Å². The van der Waals surface area contributed by atoms with E-state index in [0.717, 1.165) is 18.8 Å². The lowest BCUT2D eigenvalue weighted by Crippen LogP contribution is -2.32. The van der Waals surface area contributed by atoms with Gasteiger partial charge < -0.3 is 10.0 Å². The van der Waals surface area contributed by atoms with Crippen molar-refractivity contribution in [2.75, 3.05) is 18.0 Å². The van der Waals surface area contributed by atoms with Crippen LogP contribution in [0.5, 0.6) is 0 Å². The molecule has 0 radical (unpaired) electrons. The number of rotatable bonds is 6. The van der Waals surface area contributed by atoms with Gasteiger partial charge in [-0.3, -0.25) is 0 Å². The van der Waals surface area contributed by atoms with E-state index in [0.29, 0.717) is 16.9 Å². The van der Waals surface area contributed by atoms with E-state index in [1.807, 2.05) is 0 Å². The average Bonchev–Trinajstić information content (AvgIpc) is 2.26. The SMILES string of the molecule is CC(C)CN(CC(C)C)c1ccc(Cl)cc1C(=O)O. The fourth-order valence-electron chi connectivity index (χ4n) is 2.11. The highest BCUT2D eigenvalue weighted by Crippen LogP contribution is 2.26. The molecule has 0 saturated heterocycles. The lowest BCUT2D eigenvalue weighted by atomic mass is 10.1. The van der Waals surface area contributed by atoms with Crippen LogP contribution in [0.25, 0.3) is 0 Å². The number of carboxylic acids is 1. The van der Waals surface area contributed by atoms with Gasteiger partial charge in [0.15, 0.2) is 0 Å². The predicted molar refractivity (Wildman–Crippen MR) is 80.3 cm³/mol. The number of aromatic carboxylic acids is 1. The fourth-order valence-corrected chi connectivity index (χ4v) is 2.28. The maximum Gasteiger partial charge on any atom is 0.337 e. The Bertz CT molecular complexity index is 434. The van der Waals surface area contributed by atoms with Crippen molar-refractivity contribution in [2.24, 2.45) is 11.8 Å². The molecule has 0 heterocycles. The molecular weight excluding hydrogens is 262 g/mol. The summed E-state index contributed by atoms with van der Waals surface area (Å²) in [7, 11) is 0. The fraction of sp³-hybridized carbons (Fsp3) is 0.533. The molecule has 0 spiro atoms. The van der Waals surface area contributed by atoms with Crippen molar-refractivity contribution in [2.45, 2.75) is 27.7 Å². The first-order valence-electron chi connectivity index (χ1n) is 6.59. The molecule has 0 aromatic heterocycles. The van der Waals surface area contributed by atoms with Crippen LogP contribution in [0.1, 0.15) is 38.1 Å². The van der Waals surface area contributed by atoms with Gasteiger partial charge in [0, 0.05) is 18.1 Å². The van der Waals surface area contributed by atoms with Crippen molar-refractivity contribution < 1.29 is 9.90 Å². The van der Waals surface area contributed by atoms with Crippen molar-refractivity contribution in [3.63, 3.8) is 0 Å². The molecule has 0 aliphatic rings. The van der Waals surface area contributed by atoms with Gasteiger partial charge in [-0.15, -0.1) is 0 Å². The van der Waals surface area contributed by atoms with Gasteiger partial charge in [0.05, 0.1) is 11.3 Å². The van der Waals surface area contributed by atoms with E-state index in [4.69, 9.17) is 11.6 Å². The van der Waals surface area contributed by atoms with Crippen LogP contribution < -0.4 is 4.90 Å². The zero-order valence-corrected chi connectivity index (χ0v) is 12.7. The second-order valence-electron chi connectivity index (χ2n) is 5.66. The van der Waals surface area contributed by atoms with E-state index in [-0.39, 0.29) is 5.56 Å². The number of anilines is 1. The summed E-state index contributed by atoms with van der Waals surface area (Å²) in [6, 6.07) is 5.07. The molecule has 1 rings (SSSR count). The number of hydrogen-bond donors (Lipinski definition) is 1. The van der Waals surface area contributed by atoms with Gasteiger partial charge in [0.2, 0.25) is 0 Å². The molecule has 0 atom stereocenters. The van der Waals surface area contributed by atoms with Crippen LogP contribution >= 0.6 is 11.6 Å². The molecule has 0 bridgehead atoms. The summed E-state index contributed by atoms with van der Waals surface area (Å²) in [4.78, 5) is 13.5. The van der Waals surface area contributed by atoms with Gasteiger partial charge in [-0.2, -0.15) is 0 Å². The Morgan fingerprint density at radius 3 is 2.16 bits per heavy atom.